The van der Waals surface area contributed by atoms with E-state index in [2.05, 4.69) is 5.10 Å². The van der Waals surface area contributed by atoms with Crippen LogP contribution in [0.2, 0.25) is 5.02 Å². The molecule has 2 aliphatic rings. The molecule has 0 amide bonds. The van der Waals surface area contributed by atoms with E-state index in [4.69, 9.17) is 26.2 Å². The number of benzene rings is 3. The monoisotopic (exact) mass is 569 g/mol. The van der Waals surface area contributed by atoms with E-state index >= 15 is 0 Å². The Morgan fingerprint density at radius 2 is 1.61 bits per heavy atom. The van der Waals surface area contributed by atoms with Crippen molar-refractivity contribution in [3.05, 3.63) is 99.8 Å². The highest BCUT2D eigenvalue weighted by molar-refractivity contribution is 6.46. The molecule has 0 spiro atoms. The molecule has 0 radical (unpaired) electrons. The van der Waals surface area contributed by atoms with Crippen LogP contribution < -0.4 is 14.5 Å². The lowest BCUT2D eigenvalue weighted by Gasteiger charge is -2.37. The Labute approximate surface area is 242 Å². The van der Waals surface area contributed by atoms with Crippen molar-refractivity contribution in [1.82, 2.24) is 14.7 Å². The van der Waals surface area contributed by atoms with Crippen molar-refractivity contribution in [1.29, 1.82) is 0 Å². The molecular formula is C31H28ClN5O4. The number of amidine groups is 1. The number of anilines is 1. The number of hydrogen-bond acceptors (Lipinski definition) is 8. The second-order valence-corrected chi connectivity index (χ2v) is 10.5. The molecule has 1 aromatic heterocycles. The van der Waals surface area contributed by atoms with E-state index in [1.807, 2.05) is 53.2 Å². The van der Waals surface area contributed by atoms with Crippen LogP contribution in [0.5, 0.6) is 11.5 Å². The first-order chi connectivity index (χ1) is 19.8. The molecule has 41 heavy (non-hydrogen) atoms. The second-order valence-electron chi connectivity index (χ2n) is 10.0. The number of Topliss-reactive ketones (excluding diaryl/α,β-unsaturated/α-hetero) is 2. The number of ketones is 2. The summed E-state index contributed by atoms with van der Waals surface area (Å²) in [5.74, 6) is 0.804. The summed E-state index contributed by atoms with van der Waals surface area (Å²) in [4.78, 5) is 28.8. The van der Waals surface area contributed by atoms with Gasteiger partial charge >= 0.3 is 0 Å². The van der Waals surface area contributed by atoms with Crippen molar-refractivity contribution in [3.63, 3.8) is 0 Å². The van der Waals surface area contributed by atoms with Gasteiger partial charge in [0.2, 0.25) is 5.78 Å². The molecule has 1 atom stereocenters. The minimum atomic E-state index is -0.396. The topological polar surface area (TPSA) is 89.3 Å². The molecule has 0 N–H and O–H groups in total. The number of halogens is 1. The van der Waals surface area contributed by atoms with Gasteiger partial charge in [-0.2, -0.15) is 5.10 Å². The molecule has 0 saturated carbocycles. The Kier molecular flexibility index (Phi) is 6.75. The van der Waals surface area contributed by atoms with Crippen molar-refractivity contribution >= 4 is 34.7 Å². The van der Waals surface area contributed by atoms with Crippen LogP contribution in [0.4, 0.5) is 5.69 Å². The van der Waals surface area contributed by atoms with Gasteiger partial charge in [-0.15, -0.1) is 5.10 Å². The summed E-state index contributed by atoms with van der Waals surface area (Å²) in [6.45, 7) is 3.97. The summed E-state index contributed by atoms with van der Waals surface area (Å²) >= 11 is 6.05. The molecule has 208 valence electrons. The number of nitrogens with zero attached hydrogens (tertiary/aromatic N) is 5. The summed E-state index contributed by atoms with van der Waals surface area (Å²) in [5.41, 5.74) is 4.95. The zero-order chi connectivity index (χ0) is 28.8. The lowest BCUT2D eigenvalue weighted by molar-refractivity contribution is 0.0990. The van der Waals surface area contributed by atoms with Gasteiger partial charge in [0, 0.05) is 30.3 Å². The van der Waals surface area contributed by atoms with Crippen LogP contribution in [0.3, 0.4) is 0 Å². The van der Waals surface area contributed by atoms with E-state index in [0.717, 1.165) is 22.4 Å². The molecule has 0 fully saturated rings. The number of carbonyl (C=O) groups is 2. The first-order valence-corrected chi connectivity index (χ1v) is 13.5. The van der Waals surface area contributed by atoms with E-state index in [9.17, 15) is 9.59 Å². The molecule has 2 aliphatic heterocycles. The van der Waals surface area contributed by atoms with E-state index in [1.54, 1.807) is 44.7 Å². The third-order valence-electron chi connectivity index (χ3n) is 7.43. The van der Waals surface area contributed by atoms with Gasteiger partial charge in [-0.05, 0) is 67.4 Å². The van der Waals surface area contributed by atoms with Crippen LogP contribution in [0, 0.1) is 6.92 Å². The first-order valence-electron chi connectivity index (χ1n) is 13.2. The Morgan fingerprint density at radius 1 is 0.951 bits per heavy atom. The number of aromatic nitrogens is 2. The summed E-state index contributed by atoms with van der Waals surface area (Å²) in [6, 6.07) is 18.9. The normalized spacial score (nSPS) is 15.7. The highest BCUT2D eigenvalue weighted by Gasteiger charge is 2.44. The summed E-state index contributed by atoms with van der Waals surface area (Å²) in [7, 11) is 3.22. The molecule has 0 aliphatic carbocycles. The Bertz CT molecular complexity index is 1690. The minimum Gasteiger partial charge on any atom is -0.493 e. The van der Waals surface area contributed by atoms with E-state index < -0.39 is 6.17 Å². The Morgan fingerprint density at radius 3 is 2.27 bits per heavy atom. The average molecular weight is 570 g/mol. The van der Waals surface area contributed by atoms with Crippen molar-refractivity contribution in [3.8, 4) is 17.2 Å². The van der Waals surface area contributed by atoms with Crippen LogP contribution in [0.25, 0.3) is 5.69 Å². The summed E-state index contributed by atoms with van der Waals surface area (Å²) in [6.07, 6.45) is 1.86. The fourth-order valence-corrected chi connectivity index (χ4v) is 5.47. The van der Waals surface area contributed by atoms with Crippen LogP contribution in [-0.4, -0.2) is 52.8 Å². The van der Waals surface area contributed by atoms with Crippen molar-refractivity contribution in [2.24, 2.45) is 5.10 Å². The number of carbonyl (C=O) groups excluding carboxylic acids is 2. The fourth-order valence-electron chi connectivity index (χ4n) is 5.34. The molecular weight excluding hydrogens is 542 g/mol. The highest BCUT2D eigenvalue weighted by atomic mass is 35.5. The van der Waals surface area contributed by atoms with Gasteiger partial charge in [-0.3, -0.25) is 9.59 Å². The summed E-state index contributed by atoms with van der Waals surface area (Å²) in [5, 5.41) is 11.8. The minimum absolute atomic E-state index is 0.0850. The van der Waals surface area contributed by atoms with Gasteiger partial charge in [0.05, 0.1) is 31.2 Å². The van der Waals surface area contributed by atoms with Gasteiger partial charge in [-0.1, -0.05) is 29.3 Å². The van der Waals surface area contributed by atoms with Crippen LogP contribution in [0.1, 0.15) is 50.6 Å². The molecule has 3 aromatic carbocycles. The molecule has 6 rings (SSSR count). The van der Waals surface area contributed by atoms with Crippen molar-refractivity contribution in [2.75, 3.05) is 25.8 Å². The van der Waals surface area contributed by atoms with E-state index in [0.29, 0.717) is 35.2 Å². The van der Waals surface area contributed by atoms with Gasteiger partial charge in [-0.25, -0.2) is 9.69 Å². The molecule has 10 heteroatoms. The van der Waals surface area contributed by atoms with Gasteiger partial charge in [0.1, 0.15) is 5.69 Å². The summed E-state index contributed by atoms with van der Waals surface area (Å²) < 4.78 is 12.7. The number of hydrogen-bond donors (Lipinski definition) is 0. The molecule has 0 bridgehead atoms. The molecule has 0 saturated heterocycles. The fraction of sp³-hybridized carbons (Fsp3) is 0.226. The zero-order valence-electron chi connectivity index (χ0n) is 23.1. The SMILES string of the molecule is COc1cc2c(cc1OC)C1N(CC2)C(C(=O)c2cn(-c3ccc(Cl)cc3)nc2C(C)=O)=NN1c1ccc(C)cc1. The van der Waals surface area contributed by atoms with Crippen molar-refractivity contribution in [2.45, 2.75) is 26.4 Å². The lowest BCUT2D eigenvalue weighted by Crippen LogP contribution is -2.43. The maximum absolute atomic E-state index is 14.2. The molecule has 9 nitrogen and oxygen atoms in total. The average Bonchev–Trinajstić information content (AvgIpc) is 3.60. The third kappa shape index (κ3) is 4.62. The predicted octanol–water partition coefficient (Wildman–Crippen LogP) is 5.63. The van der Waals surface area contributed by atoms with Gasteiger partial charge in [0.25, 0.3) is 0 Å². The number of methoxy groups -OCH3 is 2. The van der Waals surface area contributed by atoms with E-state index in [-0.39, 0.29) is 28.7 Å². The number of rotatable bonds is 7. The zero-order valence-corrected chi connectivity index (χ0v) is 23.8. The predicted molar refractivity (Wildman–Crippen MR) is 157 cm³/mol. The smallest absolute Gasteiger partial charge is 0.233 e. The van der Waals surface area contributed by atoms with Crippen molar-refractivity contribution < 1.29 is 19.1 Å². The number of ether oxygens (including phenoxy) is 2. The van der Waals surface area contributed by atoms with Crippen LogP contribution in [0.15, 0.2) is 72.0 Å². The maximum Gasteiger partial charge on any atom is 0.233 e. The van der Waals surface area contributed by atoms with Gasteiger partial charge < -0.3 is 14.4 Å². The number of fused-ring (bicyclic) bond motifs is 3. The number of aryl methyl sites for hydroxylation is 1. The maximum atomic E-state index is 14.2. The highest BCUT2D eigenvalue weighted by Crippen LogP contribution is 2.44. The quantitative estimate of drug-likeness (QED) is 0.267. The Hall–Kier alpha value is -4.63. The number of hydrazone groups is 1. The third-order valence-corrected chi connectivity index (χ3v) is 7.68. The molecule has 1 unspecified atom stereocenters. The Balaban J connectivity index is 1.46. The largest absolute Gasteiger partial charge is 0.493 e. The van der Waals surface area contributed by atoms with Crippen LogP contribution >= 0.6 is 11.6 Å². The van der Waals surface area contributed by atoms with E-state index in [1.165, 1.54) is 11.6 Å². The standard InChI is InChI=1S/C31H28ClN5O4/c1-18-5-9-23(10-6-18)37-31-24-16-27(41-4)26(40-3)15-20(24)13-14-35(31)30(34-37)29(39)25-17-36(33-28(25)19(2)38)22-11-7-21(32)8-12-22/h5-12,15-17,31H,13-14H2,1-4H3. The second kappa shape index (κ2) is 10.4. The van der Waals surface area contributed by atoms with Crippen LogP contribution in [-0.2, 0) is 6.42 Å². The van der Waals surface area contributed by atoms with Gasteiger partial charge in [0.15, 0.2) is 29.3 Å². The molecule has 3 heterocycles. The first kappa shape index (κ1) is 26.6. The molecule has 4 aromatic rings. The lowest BCUT2D eigenvalue weighted by atomic mass is 9.95.